The maximum absolute atomic E-state index is 13.7. The van der Waals surface area contributed by atoms with Gasteiger partial charge in [0.05, 0.1) is 24.4 Å². The second-order valence-electron chi connectivity index (χ2n) is 12.4. The summed E-state index contributed by atoms with van der Waals surface area (Å²) in [7, 11) is 1.57. The number of carbonyl (C=O) groups is 1. The zero-order chi connectivity index (χ0) is 33.5. The second-order valence-corrected chi connectivity index (χ2v) is 12.4. The van der Waals surface area contributed by atoms with Gasteiger partial charge in [-0.1, -0.05) is 42.5 Å². The minimum absolute atomic E-state index is 0.0273. The number of fused-ring (bicyclic) bond motifs is 5. The fourth-order valence-corrected chi connectivity index (χ4v) is 6.95. The summed E-state index contributed by atoms with van der Waals surface area (Å²) >= 11 is 0. The van der Waals surface area contributed by atoms with Crippen LogP contribution in [0.25, 0.3) is 44.1 Å². The molecule has 2 aliphatic rings. The van der Waals surface area contributed by atoms with Gasteiger partial charge in [-0.15, -0.1) is 0 Å². The Morgan fingerprint density at radius 3 is 2.00 bits per heavy atom. The normalized spacial score (nSPS) is 15.6. The van der Waals surface area contributed by atoms with Crippen LogP contribution < -0.4 is 9.47 Å². The van der Waals surface area contributed by atoms with Crippen LogP contribution in [-0.4, -0.2) is 47.9 Å². The first-order valence-corrected chi connectivity index (χ1v) is 16.4. The lowest BCUT2D eigenvalue weighted by molar-refractivity contribution is 0.0774. The van der Waals surface area contributed by atoms with Gasteiger partial charge in [-0.25, -0.2) is 8.78 Å². The molecule has 6 nitrogen and oxygen atoms in total. The van der Waals surface area contributed by atoms with Crippen LogP contribution in [0.4, 0.5) is 14.5 Å². The third-order valence-corrected chi connectivity index (χ3v) is 9.47. The molecule has 5 aromatic carbocycles. The molecule has 0 N–H and O–H groups in total. The molecule has 2 aliphatic heterocycles. The molecule has 1 aromatic heterocycles. The summed E-state index contributed by atoms with van der Waals surface area (Å²) in [5, 5.41) is 2.13. The smallest absolute Gasteiger partial charge is 0.256 e. The molecular formula is C41H33F2N3O3. The number of carbonyl (C=O) groups excluding carboxylic acids is 1. The summed E-state index contributed by atoms with van der Waals surface area (Å²) in [6, 6.07) is 29.2. The fraction of sp³-hybridized carbons (Fsp3) is 0.171. The van der Waals surface area contributed by atoms with Gasteiger partial charge in [-0.2, -0.15) is 0 Å². The van der Waals surface area contributed by atoms with E-state index in [1.54, 1.807) is 43.5 Å². The maximum atomic E-state index is 13.7. The topological polar surface area (TPSA) is 56.1 Å². The van der Waals surface area contributed by atoms with E-state index in [-0.39, 0.29) is 23.6 Å². The van der Waals surface area contributed by atoms with Crippen LogP contribution in [0.15, 0.2) is 114 Å². The Labute approximate surface area is 282 Å². The number of halogens is 2. The van der Waals surface area contributed by atoms with E-state index in [2.05, 4.69) is 52.0 Å². The summed E-state index contributed by atoms with van der Waals surface area (Å²) in [5.74, 6) is 0.442. The molecule has 0 aliphatic carbocycles. The first-order valence-electron chi connectivity index (χ1n) is 16.4. The van der Waals surface area contributed by atoms with Gasteiger partial charge in [-0.05, 0) is 95.8 Å². The second kappa shape index (κ2) is 12.7. The third kappa shape index (κ3) is 5.73. The molecule has 0 bridgehead atoms. The number of benzene rings is 5. The Balaban J connectivity index is 1.08. The fourth-order valence-electron chi connectivity index (χ4n) is 6.95. The lowest BCUT2D eigenvalue weighted by atomic mass is 10.0. The van der Waals surface area contributed by atoms with E-state index in [1.807, 2.05) is 17.2 Å². The predicted octanol–water partition coefficient (Wildman–Crippen LogP) is 9.37. The lowest BCUT2D eigenvalue weighted by Gasteiger charge is -2.20. The number of hydrogen-bond acceptors (Lipinski definition) is 4. The van der Waals surface area contributed by atoms with Gasteiger partial charge in [-0.3, -0.25) is 9.79 Å². The van der Waals surface area contributed by atoms with Crippen molar-refractivity contribution in [1.29, 1.82) is 0 Å². The molecule has 1 atom stereocenters. The molecule has 0 spiro atoms. The van der Waals surface area contributed by atoms with E-state index >= 15 is 0 Å². The van der Waals surface area contributed by atoms with Gasteiger partial charge in [0.25, 0.3) is 5.91 Å². The highest BCUT2D eigenvalue weighted by Crippen LogP contribution is 2.39. The van der Waals surface area contributed by atoms with Crippen molar-refractivity contribution < 1.29 is 23.0 Å². The van der Waals surface area contributed by atoms with E-state index in [9.17, 15) is 13.6 Å². The number of nitrogens with zero attached hydrogens (tertiary/aromatic N) is 3. The number of hydrogen-bond donors (Lipinski definition) is 0. The lowest BCUT2D eigenvalue weighted by Crippen LogP contribution is -2.35. The third-order valence-electron chi connectivity index (χ3n) is 9.47. The van der Waals surface area contributed by atoms with Crippen molar-refractivity contribution in [1.82, 2.24) is 9.47 Å². The average molecular weight is 654 g/mol. The summed E-state index contributed by atoms with van der Waals surface area (Å²) in [5.41, 5.74) is 7.06. The molecule has 0 unspecified atom stereocenters. The van der Waals surface area contributed by atoms with Gasteiger partial charge < -0.3 is 18.9 Å². The van der Waals surface area contributed by atoms with Gasteiger partial charge >= 0.3 is 0 Å². The van der Waals surface area contributed by atoms with Crippen molar-refractivity contribution in [2.75, 3.05) is 20.3 Å². The zero-order valence-electron chi connectivity index (χ0n) is 26.9. The van der Waals surface area contributed by atoms with Crippen molar-refractivity contribution in [3.8, 4) is 33.8 Å². The average Bonchev–Trinajstić information content (AvgIpc) is 3.69. The van der Waals surface area contributed by atoms with Crippen LogP contribution in [0.1, 0.15) is 23.2 Å². The standard InChI is InChI=1S/C41H33F2N3O3/c1-48-39-23-35-36(44-25-32-5-4-19-45(32)41(35)47)24-40(39)49-20-3-2-18-46-37-16-10-28(26-6-12-30(42)13-7-26)21-33(37)34-22-29(11-17-38(34)46)27-8-14-31(43)15-9-27/h2-3,6-17,21-25,32H,4-5,18-20H2,1H3/b3-2-/t32-/m0/s1. The molecule has 1 fully saturated rings. The van der Waals surface area contributed by atoms with E-state index in [0.29, 0.717) is 35.9 Å². The Bertz CT molecular complexity index is 2170. The van der Waals surface area contributed by atoms with E-state index < -0.39 is 0 Å². The van der Waals surface area contributed by atoms with Crippen molar-refractivity contribution in [3.63, 3.8) is 0 Å². The Morgan fingerprint density at radius 1 is 0.776 bits per heavy atom. The summed E-state index contributed by atoms with van der Waals surface area (Å²) < 4.78 is 41.3. The number of aromatic nitrogens is 1. The summed E-state index contributed by atoms with van der Waals surface area (Å²) in [6.45, 7) is 1.62. The minimum Gasteiger partial charge on any atom is -0.493 e. The van der Waals surface area contributed by atoms with Gasteiger partial charge in [0.15, 0.2) is 11.5 Å². The molecule has 6 aromatic rings. The first kappa shape index (κ1) is 30.6. The Hall–Kier alpha value is -5.76. The molecule has 0 radical (unpaired) electrons. The van der Waals surface area contributed by atoms with Crippen molar-refractivity contribution in [2.24, 2.45) is 4.99 Å². The number of aliphatic imine (C=N–C) groups is 1. The first-order chi connectivity index (χ1) is 24.0. The van der Waals surface area contributed by atoms with Crippen LogP contribution in [0, 0.1) is 11.6 Å². The van der Waals surface area contributed by atoms with Crippen molar-refractivity contribution >= 4 is 39.6 Å². The Kier molecular flexibility index (Phi) is 7.92. The molecule has 1 saturated heterocycles. The molecule has 3 heterocycles. The zero-order valence-corrected chi connectivity index (χ0v) is 26.9. The SMILES string of the molecule is COc1cc2c(cc1OC/C=C\Cn1c3ccc(-c4ccc(F)cc4)cc3c3cc(-c4ccc(F)cc4)ccc31)N=C[C@@H]1CCCN1C2=O. The van der Waals surface area contributed by atoms with E-state index in [4.69, 9.17) is 9.47 Å². The van der Waals surface area contributed by atoms with Crippen molar-refractivity contribution in [2.45, 2.75) is 25.4 Å². The molecule has 0 saturated carbocycles. The highest BCUT2D eigenvalue weighted by Gasteiger charge is 2.32. The molecular weight excluding hydrogens is 620 g/mol. The summed E-state index contributed by atoms with van der Waals surface area (Å²) in [6.07, 6.45) is 7.79. The highest BCUT2D eigenvalue weighted by atomic mass is 19.1. The summed E-state index contributed by atoms with van der Waals surface area (Å²) in [4.78, 5) is 19.7. The predicted molar refractivity (Wildman–Crippen MR) is 190 cm³/mol. The van der Waals surface area contributed by atoms with Crippen LogP contribution in [-0.2, 0) is 6.54 Å². The van der Waals surface area contributed by atoms with Gasteiger partial charge in [0, 0.05) is 47.2 Å². The number of amides is 1. The largest absolute Gasteiger partial charge is 0.493 e. The van der Waals surface area contributed by atoms with Crippen LogP contribution in [0.5, 0.6) is 11.5 Å². The number of allylic oxidation sites excluding steroid dienone is 1. The van der Waals surface area contributed by atoms with Crippen molar-refractivity contribution in [3.05, 3.63) is 126 Å². The van der Waals surface area contributed by atoms with Crippen LogP contribution in [0.2, 0.25) is 0 Å². The molecule has 8 heteroatoms. The number of ether oxygens (including phenoxy) is 2. The van der Waals surface area contributed by atoms with E-state index in [1.165, 1.54) is 24.3 Å². The molecule has 49 heavy (non-hydrogen) atoms. The number of rotatable bonds is 8. The Morgan fingerprint density at radius 2 is 1.39 bits per heavy atom. The molecule has 1 amide bonds. The maximum Gasteiger partial charge on any atom is 0.256 e. The van der Waals surface area contributed by atoms with Gasteiger partial charge in [0.1, 0.15) is 18.2 Å². The van der Waals surface area contributed by atoms with Crippen LogP contribution in [0.3, 0.4) is 0 Å². The highest BCUT2D eigenvalue weighted by molar-refractivity contribution is 6.10. The van der Waals surface area contributed by atoms with Crippen LogP contribution >= 0.6 is 0 Å². The minimum atomic E-state index is -0.273. The molecule has 8 rings (SSSR count). The molecule has 244 valence electrons. The monoisotopic (exact) mass is 653 g/mol. The van der Waals surface area contributed by atoms with Gasteiger partial charge in [0.2, 0.25) is 0 Å². The number of methoxy groups -OCH3 is 1. The van der Waals surface area contributed by atoms with E-state index in [0.717, 1.165) is 63.4 Å². The quantitative estimate of drug-likeness (QED) is 0.154.